The zero-order valence-corrected chi connectivity index (χ0v) is 11.7. The molecule has 1 rings (SSSR count). The number of allylic oxidation sites excluding steroid dienone is 1. The van der Waals surface area contributed by atoms with Gasteiger partial charge >= 0.3 is 0 Å². The van der Waals surface area contributed by atoms with Crippen LogP contribution in [0.15, 0.2) is 30.6 Å². The molecule has 0 radical (unpaired) electrons. The molecule has 0 saturated carbocycles. The summed E-state index contributed by atoms with van der Waals surface area (Å²) < 4.78 is 0. The SMILES string of the molecule is C=C(C(C)C)C(Cc1ncccn1)C(C)(C)C. The van der Waals surface area contributed by atoms with Gasteiger partial charge in [-0.25, -0.2) is 9.97 Å². The van der Waals surface area contributed by atoms with Gasteiger partial charge in [0.2, 0.25) is 0 Å². The van der Waals surface area contributed by atoms with Gasteiger partial charge in [-0.3, -0.25) is 0 Å². The summed E-state index contributed by atoms with van der Waals surface area (Å²) in [5.74, 6) is 1.84. The molecule has 0 amide bonds. The molecule has 0 bridgehead atoms. The summed E-state index contributed by atoms with van der Waals surface area (Å²) in [7, 11) is 0. The Kier molecular flexibility index (Phi) is 4.44. The summed E-state index contributed by atoms with van der Waals surface area (Å²) in [6.07, 6.45) is 4.49. The molecule has 94 valence electrons. The van der Waals surface area contributed by atoms with Crippen LogP contribution >= 0.6 is 0 Å². The van der Waals surface area contributed by atoms with E-state index < -0.39 is 0 Å². The van der Waals surface area contributed by atoms with Crippen LogP contribution in [0.4, 0.5) is 0 Å². The van der Waals surface area contributed by atoms with Crippen molar-refractivity contribution in [3.63, 3.8) is 0 Å². The molecule has 0 N–H and O–H groups in total. The lowest BCUT2D eigenvalue weighted by molar-refractivity contribution is 0.260. The Balaban J connectivity index is 2.90. The van der Waals surface area contributed by atoms with Crippen LogP contribution in [0.5, 0.6) is 0 Å². The first-order chi connectivity index (χ1) is 7.82. The van der Waals surface area contributed by atoms with E-state index in [0.717, 1.165) is 12.2 Å². The van der Waals surface area contributed by atoms with Gasteiger partial charge in [-0.05, 0) is 23.3 Å². The Hall–Kier alpha value is -1.18. The molecule has 0 spiro atoms. The van der Waals surface area contributed by atoms with Crippen LogP contribution in [0.2, 0.25) is 0 Å². The first-order valence-electron chi connectivity index (χ1n) is 6.27. The van der Waals surface area contributed by atoms with Crippen LogP contribution in [0.1, 0.15) is 40.4 Å². The molecule has 2 heteroatoms. The predicted octanol–water partition coefficient (Wildman–Crippen LogP) is 3.89. The second-order valence-electron chi connectivity index (χ2n) is 6.02. The molecule has 0 aromatic carbocycles. The van der Waals surface area contributed by atoms with E-state index in [4.69, 9.17) is 0 Å². The van der Waals surface area contributed by atoms with E-state index in [1.807, 2.05) is 6.07 Å². The van der Waals surface area contributed by atoms with Crippen molar-refractivity contribution in [2.24, 2.45) is 17.3 Å². The maximum absolute atomic E-state index is 4.32. The second kappa shape index (κ2) is 5.44. The van der Waals surface area contributed by atoms with Gasteiger partial charge in [0.05, 0.1) is 0 Å². The number of hydrogen-bond acceptors (Lipinski definition) is 2. The van der Waals surface area contributed by atoms with Crippen molar-refractivity contribution in [1.29, 1.82) is 0 Å². The van der Waals surface area contributed by atoms with Gasteiger partial charge < -0.3 is 0 Å². The van der Waals surface area contributed by atoms with E-state index in [-0.39, 0.29) is 5.41 Å². The zero-order valence-electron chi connectivity index (χ0n) is 11.7. The quantitative estimate of drug-likeness (QED) is 0.736. The fourth-order valence-corrected chi connectivity index (χ4v) is 2.01. The van der Waals surface area contributed by atoms with Crippen molar-refractivity contribution in [3.8, 4) is 0 Å². The third kappa shape index (κ3) is 3.95. The Labute approximate surface area is 105 Å². The van der Waals surface area contributed by atoms with Gasteiger partial charge in [0.25, 0.3) is 0 Å². The summed E-state index contributed by atoms with van der Waals surface area (Å²) in [5.41, 5.74) is 1.49. The Morgan fingerprint density at radius 2 is 1.76 bits per heavy atom. The van der Waals surface area contributed by atoms with Crippen LogP contribution < -0.4 is 0 Å². The van der Waals surface area contributed by atoms with E-state index in [2.05, 4.69) is 51.2 Å². The van der Waals surface area contributed by atoms with Crippen molar-refractivity contribution in [1.82, 2.24) is 9.97 Å². The van der Waals surface area contributed by atoms with Crippen molar-refractivity contribution < 1.29 is 0 Å². The van der Waals surface area contributed by atoms with Crippen LogP contribution in [-0.4, -0.2) is 9.97 Å². The van der Waals surface area contributed by atoms with E-state index in [1.165, 1.54) is 5.57 Å². The average Bonchev–Trinajstić information content (AvgIpc) is 2.24. The maximum atomic E-state index is 4.32. The molecule has 1 atom stereocenters. The van der Waals surface area contributed by atoms with Crippen molar-refractivity contribution in [2.75, 3.05) is 0 Å². The third-order valence-electron chi connectivity index (χ3n) is 3.24. The highest BCUT2D eigenvalue weighted by Crippen LogP contribution is 2.36. The molecule has 0 aliphatic heterocycles. The highest BCUT2D eigenvalue weighted by Gasteiger charge is 2.29. The standard InChI is InChI=1S/C15H24N2/c1-11(2)12(3)13(15(4,5)6)10-14-16-8-7-9-17-14/h7-9,11,13H,3,10H2,1-2,4-6H3. The fourth-order valence-electron chi connectivity index (χ4n) is 2.01. The van der Waals surface area contributed by atoms with Gasteiger partial charge in [0, 0.05) is 18.8 Å². The highest BCUT2D eigenvalue weighted by molar-refractivity contribution is 5.10. The summed E-state index contributed by atoms with van der Waals surface area (Å²) in [6.45, 7) is 15.4. The van der Waals surface area contributed by atoms with E-state index in [0.29, 0.717) is 11.8 Å². The lowest BCUT2D eigenvalue weighted by Crippen LogP contribution is -2.27. The summed E-state index contributed by atoms with van der Waals surface area (Å²) in [6, 6.07) is 1.85. The Morgan fingerprint density at radius 1 is 1.24 bits per heavy atom. The molecule has 1 heterocycles. The monoisotopic (exact) mass is 232 g/mol. The Morgan fingerprint density at radius 3 is 2.18 bits per heavy atom. The van der Waals surface area contributed by atoms with E-state index in [9.17, 15) is 0 Å². The van der Waals surface area contributed by atoms with E-state index in [1.54, 1.807) is 12.4 Å². The minimum atomic E-state index is 0.195. The minimum Gasteiger partial charge on any atom is -0.241 e. The highest BCUT2D eigenvalue weighted by atomic mass is 14.8. The lowest BCUT2D eigenvalue weighted by Gasteiger charge is -2.33. The first kappa shape index (κ1) is 13.9. The molecular formula is C15H24N2. The molecular weight excluding hydrogens is 208 g/mol. The lowest BCUT2D eigenvalue weighted by atomic mass is 9.72. The van der Waals surface area contributed by atoms with Crippen LogP contribution in [0.3, 0.4) is 0 Å². The van der Waals surface area contributed by atoms with Gasteiger partial charge in [-0.15, -0.1) is 0 Å². The molecule has 0 aliphatic rings. The van der Waals surface area contributed by atoms with Gasteiger partial charge in [0.1, 0.15) is 5.82 Å². The summed E-state index contributed by atoms with van der Waals surface area (Å²) >= 11 is 0. The van der Waals surface area contributed by atoms with Crippen molar-refractivity contribution >= 4 is 0 Å². The fraction of sp³-hybridized carbons (Fsp3) is 0.600. The van der Waals surface area contributed by atoms with Crippen LogP contribution in [0, 0.1) is 17.3 Å². The largest absolute Gasteiger partial charge is 0.241 e. The summed E-state index contributed by atoms with van der Waals surface area (Å²) in [5, 5.41) is 0. The summed E-state index contributed by atoms with van der Waals surface area (Å²) in [4.78, 5) is 8.64. The third-order valence-corrected chi connectivity index (χ3v) is 3.24. The normalized spacial score (nSPS) is 13.8. The minimum absolute atomic E-state index is 0.195. The maximum Gasteiger partial charge on any atom is 0.128 e. The second-order valence-corrected chi connectivity index (χ2v) is 6.02. The molecule has 17 heavy (non-hydrogen) atoms. The molecule has 0 fully saturated rings. The predicted molar refractivity (Wildman–Crippen MR) is 72.7 cm³/mol. The van der Waals surface area contributed by atoms with Gasteiger partial charge in [-0.2, -0.15) is 0 Å². The van der Waals surface area contributed by atoms with E-state index >= 15 is 0 Å². The average molecular weight is 232 g/mol. The Bertz CT molecular complexity index is 360. The number of hydrogen-bond donors (Lipinski definition) is 0. The smallest absolute Gasteiger partial charge is 0.128 e. The van der Waals surface area contributed by atoms with Gasteiger partial charge in [-0.1, -0.05) is 46.8 Å². The molecule has 1 aromatic rings. The van der Waals surface area contributed by atoms with Crippen LogP contribution in [0.25, 0.3) is 0 Å². The molecule has 1 unspecified atom stereocenters. The number of rotatable bonds is 4. The van der Waals surface area contributed by atoms with Gasteiger partial charge in [0.15, 0.2) is 0 Å². The molecule has 0 aliphatic carbocycles. The van der Waals surface area contributed by atoms with Crippen molar-refractivity contribution in [2.45, 2.75) is 41.0 Å². The molecule has 2 nitrogen and oxygen atoms in total. The zero-order chi connectivity index (χ0) is 13.1. The number of aromatic nitrogens is 2. The first-order valence-corrected chi connectivity index (χ1v) is 6.27. The van der Waals surface area contributed by atoms with Crippen molar-refractivity contribution in [3.05, 3.63) is 36.4 Å². The topological polar surface area (TPSA) is 25.8 Å². The molecule has 0 saturated heterocycles. The number of nitrogens with zero attached hydrogens (tertiary/aromatic N) is 2. The van der Waals surface area contributed by atoms with Crippen LogP contribution in [-0.2, 0) is 6.42 Å². The molecule has 1 aromatic heterocycles.